The van der Waals surface area contributed by atoms with Crippen LogP contribution < -0.4 is 26.0 Å². The van der Waals surface area contributed by atoms with E-state index < -0.39 is 0 Å². The largest absolute Gasteiger partial charge is 0.456 e. The van der Waals surface area contributed by atoms with Crippen molar-refractivity contribution >= 4 is 72.5 Å². The third kappa shape index (κ3) is 6.50. The van der Waals surface area contributed by atoms with E-state index in [2.05, 4.69) is 228 Å². The van der Waals surface area contributed by atoms with Crippen molar-refractivity contribution in [3.63, 3.8) is 0 Å². The van der Waals surface area contributed by atoms with Gasteiger partial charge >= 0.3 is 0 Å². The molecule has 0 radical (unpaired) electrons. The van der Waals surface area contributed by atoms with Crippen LogP contribution in [-0.4, -0.2) is 6.71 Å². The molecular formula is C60H48BNO. The molecule has 0 amide bonds. The van der Waals surface area contributed by atoms with Gasteiger partial charge in [0.2, 0.25) is 6.71 Å². The summed E-state index contributed by atoms with van der Waals surface area (Å²) >= 11 is 0. The highest BCUT2D eigenvalue weighted by Crippen LogP contribution is 2.52. The van der Waals surface area contributed by atoms with Crippen LogP contribution in [0.5, 0.6) is 11.5 Å². The first-order valence-corrected chi connectivity index (χ1v) is 22.1. The lowest BCUT2D eigenvalue weighted by Crippen LogP contribution is -2.55. The van der Waals surface area contributed by atoms with Crippen molar-refractivity contribution < 1.29 is 4.74 Å². The smallest absolute Gasteiger partial charge is 0.242 e. The van der Waals surface area contributed by atoms with Crippen molar-refractivity contribution in [1.82, 2.24) is 0 Å². The second kappa shape index (κ2) is 15.2. The summed E-state index contributed by atoms with van der Waals surface area (Å²) in [5.74, 6) is 1.74. The predicted octanol–water partition coefficient (Wildman–Crippen LogP) is 14.4. The van der Waals surface area contributed by atoms with Crippen LogP contribution in [0, 0.1) is 41.5 Å². The highest BCUT2D eigenvalue weighted by molar-refractivity contribution is 6.96. The minimum Gasteiger partial charge on any atom is -0.456 e. The molecule has 0 fully saturated rings. The Morgan fingerprint density at radius 2 is 0.889 bits per heavy atom. The molecule has 1 heterocycles. The van der Waals surface area contributed by atoms with Gasteiger partial charge < -0.3 is 9.64 Å². The van der Waals surface area contributed by atoms with Gasteiger partial charge in [-0.3, -0.25) is 0 Å². The van der Waals surface area contributed by atoms with Crippen LogP contribution in [0.4, 0.5) is 17.1 Å². The first-order valence-electron chi connectivity index (χ1n) is 22.1. The van der Waals surface area contributed by atoms with Gasteiger partial charge in [-0.15, -0.1) is 0 Å². The molecule has 10 aromatic carbocycles. The van der Waals surface area contributed by atoms with E-state index in [1.165, 1.54) is 93.4 Å². The number of hydrogen-bond donors (Lipinski definition) is 0. The molecule has 0 saturated carbocycles. The average Bonchev–Trinajstić information content (AvgIpc) is 3.28. The molecule has 302 valence electrons. The molecule has 1 aliphatic rings. The van der Waals surface area contributed by atoms with Gasteiger partial charge in [0.1, 0.15) is 11.5 Å². The molecule has 11 rings (SSSR count). The van der Waals surface area contributed by atoms with Gasteiger partial charge in [0.25, 0.3) is 0 Å². The number of benzene rings is 10. The molecule has 1 aliphatic heterocycles. The summed E-state index contributed by atoms with van der Waals surface area (Å²) in [4.78, 5) is 2.29. The number of para-hydroxylation sites is 2. The zero-order valence-electron chi connectivity index (χ0n) is 36.8. The van der Waals surface area contributed by atoms with Gasteiger partial charge in [0.05, 0.1) is 0 Å². The summed E-state index contributed by atoms with van der Waals surface area (Å²) in [6.45, 7) is 13.7. The maximum absolute atomic E-state index is 6.89. The third-order valence-corrected chi connectivity index (χ3v) is 13.3. The predicted molar refractivity (Wildman–Crippen MR) is 271 cm³/mol. The molecule has 0 spiro atoms. The molecule has 0 aliphatic carbocycles. The van der Waals surface area contributed by atoms with Crippen LogP contribution in [0.25, 0.3) is 54.6 Å². The zero-order chi connectivity index (χ0) is 42.9. The van der Waals surface area contributed by atoms with Gasteiger partial charge in [0, 0.05) is 34.1 Å². The molecular weight excluding hydrogens is 761 g/mol. The van der Waals surface area contributed by atoms with Gasteiger partial charge in [-0.1, -0.05) is 171 Å². The zero-order valence-corrected chi connectivity index (χ0v) is 36.8. The number of aryl methyl sites for hydroxylation is 6. The maximum Gasteiger partial charge on any atom is 0.242 e. The van der Waals surface area contributed by atoms with Crippen LogP contribution in [0.15, 0.2) is 182 Å². The van der Waals surface area contributed by atoms with Crippen molar-refractivity contribution in [2.24, 2.45) is 0 Å². The SMILES string of the molecule is Cc1cc(C)c(B(c2ccc(-c3cc4c5cccc6c5c(cc4c4ccccc34)-c3ccc(N(c4ccccc4)c4ccccc4)cc3O6)cc2)c2c(C)cc(C)cc2C)c(C)c1. The fourth-order valence-corrected chi connectivity index (χ4v) is 10.9. The summed E-state index contributed by atoms with van der Waals surface area (Å²) in [5.41, 5.74) is 20.1. The Bertz CT molecular complexity index is 3280. The number of rotatable bonds is 7. The molecule has 10 aromatic rings. The molecule has 0 atom stereocenters. The van der Waals surface area contributed by atoms with Crippen molar-refractivity contribution in [1.29, 1.82) is 0 Å². The monoisotopic (exact) mass is 809 g/mol. The third-order valence-electron chi connectivity index (χ3n) is 13.3. The Hall–Kier alpha value is -7.36. The second-order valence-electron chi connectivity index (χ2n) is 17.6. The Morgan fingerprint density at radius 3 is 1.49 bits per heavy atom. The first kappa shape index (κ1) is 38.6. The van der Waals surface area contributed by atoms with Crippen molar-refractivity contribution in [2.45, 2.75) is 41.5 Å². The quantitative estimate of drug-likeness (QED) is 0.117. The van der Waals surface area contributed by atoms with E-state index in [1.807, 2.05) is 0 Å². The van der Waals surface area contributed by atoms with E-state index in [0.29, 0.717) is 0 Å². The fourth-order valence-electron chi connectivity index (χ4n) is 10.9. The van der Waals surface area contributed by atoms with Crippen LogP contribution in [-0.2, 0) is 0 Å². The lowest BCUT2D eigenvalue weighted by atomic mass is 9.34. The molecule has 0 N–H and O–H groups in total. The molecule has 63 heavy (non-hydrogen) atoms. The summed E-state index contributed by atoms with van der Waals surface area (Å²) < 4.78 is 6.89. The van der Waals surface area contributed by atoms with Gasteiger partial charge in [-0.2, -0.15) is 0 Å². The van der Waals surface area contributed by atoms with E-state index in [-0.39, 0.29) is 6.71 Å². The molecule has 0 saturated heterocycles. The van der Waals surface area contributed by atoms with Crippen LogP contribution in [0.1, 0.15) is 33.4 Å². The van der Waals surface area contributed by atoms with E-state index >= 15 is 0 Å². The van der Waals surface area contributed by atoms with Crippen LogP contribution in [0.3, 0.4) is 0 Å². The Kier molecular flexibility index (Phi) is 9.32. The van der Waals surface area contributed by atoms with Gasteiger partial charge in [-0.25, -0.2) is 0 Å². The van der Waals surface area contributed by atoms with E-state index in [9.17, 15) is 0 Å². The molecule has 3 heteroatoms. The van der Waals surface area contributed by atoms with Gasteiger partial charge in [0.15, 0.2) is 0 Å². The number of ether oxygens (including phenoxy) is 1. The standard InChI is InChI=1S/C60H48BNO/c1-37-30-39(3)59(40(4)31-37)61(60-41(5)32-38(2)33-42(60)6)44-26-24-43(25-27-44)52-35-54-51-22-15-23-56-58(51)55(36-53(54)49-21-14-13-20-48(49)52)50-29-28-47(34-57(50)63-56)62(45-16-9-7-10-17-45)46-18-11-8-12-19-46/h7-36H,1-6H3. The number of fused-ring (bicyclic) bond motifs is 6. The van der Waals surface area contributed by atoms with Gasteiger partial charge in [-0.05, 0) is 140 Å². The summed E-state index contributed by atoms with van der Waals surface area (Å²) in [5, 5.41) is 7.32. The van der Waals surface area contributed by atoms with E-state index in [4.69, 9.17) is 4.74 Å². The minimum absolute atomic E-state index is 0.124. The van der Waals surface area contributed by atoms with E-state index in [1.54, 1.807) is 0 Å². The summed E-state index contributed by atoms with van der Waals surface area (Å²) in [7, 11) is 0. The van der Waals surface area contributed by atoms with Crippen molar-refractivity contribution in [3.05, 3.63) is 215 Å². The average molecular weight is 810 g/mol. The summed E-state index contributed by atoms with van der Waals surface area (Å²) in [6, 6.07) is 66.9. The Labute approximate surface area is 371 Å². The van der Waals surface area contributed by atoms with Crippen molar-refractivity contribution in [2.75, 3.05) is 4.90 Å². The fraction of sp³-hybridized carbons (Fsp3) is 0.100. The highest BCUT2D eigenvalue weighted by atomic mass is 16.5. The van der Waals surface area contributed by atoms with Crippen LogP contribution in [0.2, 0.25) is 0 Å². The summed E-state index contributed by atoms with van der Waals surface area (Å²) in [6.07, 6.45) is 0. The first-order chi connectivity index (χ1) is 30.7. The highest BCUT2D eigenvalue weighted by Gasteiger charge is 2.29. The number of anilines is 3. The normalized spacial score (nSPS) is 11.8. The van der Waals surface area contributed by atoms with E-state index in [0.717, 1.165) is 39.5 Å². The van der Waals surface area contributed by atoms with Crippen LogP contribution >= 0.6 is 0 Å². The molecule has 0 unspecified atom stereocenters. The number of nitrogens with zero attached hydrogens (tertiary/aromatic N) is 1. The maximum atomic E-state index is 6.89. The lowest BCUT2D eigenvalue weighted by molar-refractivity contribution is 0.487. The number of hydrogen-bond acceptors (Lipinski definition) is 2. The Balaban J connectivity index is 1.06. The molecule has 0 aromatic heterocycles. The second-order valence-corrected chi connectivity index (χ2v) is 17.6. The van der Waals surface area contributed by atoms with Crippen molar-refractivity contribution in [3.8, 4) is 33.8 Å². The Morgan fingerprint density at radius 1 is 0.365 bits per heavy atom. The molecule has 0 bridgehead atoms. The lowest BCUT2D eigenvalue weighted by Gasteiger charge is -2.28. The topological polar surface area (TPSA) is 12.5 Å². The molecule has 2 nitrogen and oxygen atoms in total. The minimum atomic E-state index is 0.124.